The zero-order chi connectivity index (χ0) is 29.1. The van der Waals surface area contributed by atoms with Gasteiger partial charge in [-0.05, 0) is 62.8 Å². The molecule has 3 heterocycles. The second-order valence-electron chi connectivity index (χ2n) is 11.2. The lowest BCUT2D eigenvalue weighted by atomic mass is 9.70. The van der Waals surface area contributed by atoms with Crippen molar-refractivity contribution in [1.82, 2.24) is 15.2 Å². The van der Waals surface area contributed by atoms with Gasteiger partial charge in [-0.1, -0.05) is 12.6 Å². The highest BCUT2D eigenvalue weighted by atomic mass is 32.1. The molecule has 0 bridgehead atoms. The molecule has 3 aliphatic rings. The topological polar surface area (TPSA) is 167 Å². The van der Waals surface area contributed by atoms with E-state index < -0.39 is 17.4 Å². The van der Waals surface area contributed by atoms with Gasteiger partial charge in [-0.25, -0.2) is 4.98 Å². The number of hydrogen-bond acceptors (Lipinski definition) is 9. The van der Waals surface area contributed by atoms with Gasteiger partial charge in [0, 0.05) is 53.1 Å². The molecule has 11 heteroatoms. The van der Waals surface area contributed by atoms with E-state index in [4.69, 9.17) is 21.9 Å². The van der Waals surface area contributed by atoms with Crippen LogP contribution in [0.25, 0.3) is 10.1 Å². The number of benzene rings is 1. The molecule has 7 N–H and O–H groups in total. The maximum absolute atomic E-state index is 14.1. The molecule has 2 aliphatic carbocycles. The number of aryl methyl sites for hydroxylation is 1. The number of hydrogen-bond donors (Lipinski definition) is 4. The van der Waals surface area contributed by atoms with Crippen LogP contribution in [0.4, 0.5) is 5.69 Å². The summed E-state index contributed by atoms with van der Waals surface area (Å²) >= 11 is 1.20. The number of nitrogens with zero attached hydrogens (tertiary/aromatic N) is 2. The third-order valence-corrected chi connectivity index (χ3v) is 9.84. The van der Waals surface area contributed by atoms with Gasteiger partial charge in [0.1, 0.15) is 11.6 Å². The standard InChI is InChI=1S/C30H34N6O4S/c1-3-22(37)36-13-5-6-16(14-36)35-29(39)27-24-23-19(9-11-20(31)26(23)41-27)30(33,28(38)25(24)32)18-10-12-21(34-15(18)2)40-17-7-4-8-17/h3,9-12,16-17,25H,1,4-8,13-14,31-33H2,2H3,(H,35,39). The van der Waals surface area contributed by atoms with Gasteiger partial charge in [-0.15, -0.1) is 11.3 Å². The van der Waals surface area contributed by atoms with Crippen molar-refractivity contribution in [2.75, 3.05) is 18.8 Å². The first-order valence-corrected chi connectivity index (χ1v) is 14.8. The van der Waals surface area contributed by atoms with Crippen molar-refractivity contribution in [1.29, 1.82) is 0 Å². The van der Waals surface area contributed by atoms with Crippen LogP contribution in [-0.2, 0) is 15.1 Å². The number of anilines is 1. The molecule has 1 aliphatic heterocycles. The fourth-order valence-corrected chi connectivity index (χ4v) is 7.39. The summed E-state index contributed by atoms with van der Waals surface area (Å²) in [4.78, 5) is 46.5. The molecule has 214 valence electrons. The van der Waals surface area contributed by atoms with Gasteiger partial charge in [-0.2, -0.15) is 0 Å². The van der Waals surface area contributed by atoms with Gasteiger partial charge in [-0.3, -0.25) is 14.4 Å². The first kappa shape index (κ1) is 27.4. The number of nitrogens with one attached hydrogen (secondary N) is 1. The summed E-state index contributed by atoms with van der Waals surface area (Å²) in [7, 11) is 0. The molecule has 3 unspecified atom stereocenters. The van der Waals surface area contributed by atoms with Crippen molar-refractivity contribution in [2.45, 2.75) is 62.8 Å². The summed E-state index contributed by atoms with van der Waals surface area (Å²) in [6, 6.07) is 5.59. The molecule has 1 saturated heterocycles. The third kappa shape index (κ3) is 4.39. The summed E-state index contributed by atoms with van der Waals surface area (Å²) in [6.45, 7) is 6.36. The van der Waals surface area contributed by atoms with E-state index in [9.17, 15) is 14.4 Å². The first-order chi connectivity index (χ1) is 19.6. The number of nitrogens with two attached hydrogens (primary N) is 3. The molecular formula is C30H34N6O4S. The zero-order valence-corrected chi connectivity index (χ0v) is 23.8. The van der Waals surface area contributed by atoms with Gasteiger partial charge >= 0.3 is 0 Å². The van der Waals surface area contributed by atoms with Gasteiger partial charge in [0.15, 0.2) is 5.78 Å². The maximum atomic E-state index is 14.1. The van der Waals surface area contributed by atoms with E-state index in [1.807, 2.05) is 0 Å². The van der Waals surface area contributed by atoms with Crippen LogP contribution in [0.1, 0.15) is 70.2 Å². The Balaban J connectivity index is 1.39. The van der Waals surface area contributed by atoms with Crippen molar-refractivity contribution in [2.24, 2.45) is 11.5 Å². The molecular weight excluding hydrogens is 540 g/mol. The SMILES string of the molecule is C=CC(=O)N1CCCC(NC(=O)c2sc3c(N)ccc4c3c2C(N)C(=O)C4(N)c2ccc(OC3CCC3)nc2C)C1. The molecule has 2 fully saturated rings. The van der Waals surface area contributed by atoms with Crippen LogP contribution >= 0.6 is 11.3 Å². The zero-order valence-electron chi connectivity index (χ0n) is 22.9. The average Bonchev–Trinajstić information content (AvgIpc) is 3.35. The highest BCUT2D eigenvalue weighted by Crippen LogP contribution is 2.50. The number of aromatic nitrogens is 1. The van der Waals surface area contributed by atoms with Crippen molar-refractivity contribution in [3.05, 3.63) is 64.2 Å². The number of ketones is 1. The van der Waals surface area contributed by atoms with Crippen LogP contribution in [0.15, 0.2) is 36.9 Å². The Kier molecular flexibility index (Phi) is 6.83. The number of Topliss-reactive ketones (excluding diaryl/α,β-unsaturated/α-hetero) is 1. The van der Waals surface area contributed by atoms with Crippen molar-refractivity contribution in [3.63, 3.8) is 0 Å². The van der Waals surface area contributed by atoms with Crippen LogP contribution in [0.3, 0.4) is 0 Å². The Morgan fingerprint density at radius 1 is 1.20 bits per heavy atom. The largest absolute Gasteiger partial charge is 0.474 e. The fourth-order valence-electron chi connectivity index (χ4n) is 6.18. The molecule has 10 nitrogen and oxygen atoms in total. The van der Waals surface area contributed by atoms with E-state index in [0.717, 1.165) is 32.1 Å². The van der Waals surface area contributed by atoms with Gasteiger partial charge < -0.3 is 32.2 Å². The molecule has 3 atom stereocenters. The minimum absolute atomic E-state index is 0.165. The number of nitrogen functional groups attached to an aromatic ring is 1. The van der Waals surface area contributed by atoms with Crippen LogP contribution < -0.4 is 27.3 Å². The number of pyridine rings is 1. The number of ether oxygens (including phenoxy) is 1. The molecule has 1 aromatic carbocycles. The average molecular weight is 575 g/mol. The Labute approximate surface area is 241 Å². The summed E-state index contributed by atoms with van der Waals surface area (Å²) in [6.07, 6.45) is 6.07. The van der Waals surface area contributed by atoms with Gasteiger partial charge in [0.25, 0.3) is 5.91 Å². The normalized spacial score (nSPS) is 24.2. The molecule has 2 aromatic heterocycles. The first-order valence-electron chi connectivity index (χ1n) is 13.9. The van der Waals surface area contributed by atoms with Crippen LogP contribution in [-0.4, -0.2) is 52.7 Å². The molecule has 0 spiro atoms. The summed E-state index contributed by atoms with van der Waals surface area (Å²) in [5.41, 5.74) is 21.0. The Morgan fingerprint density at radius 3 is 2.63 bits per heavy atom. The van der Waals surface area contributed by atoms with Gasteiger partial charge in [0.05, 0.1) is 15.6 Å². The molecule has 2 amide bonds. The van der Waals surface area contributed by atoms with Crippen LogP contribution in [0, 0.1) is 6.92 Å². The van der Waals surface area contributed by atoms with E-state index in [1.54, 1.807) is 36.1 Å². The lowest BCUT2D eigenvalue weighted by Crippen LogP contribution is -2.53. The second kappa shape index (κ2) is 10.2. The van der Waals surface area contributed by atoms with Gasteiger partial charge in [0.2, 0.25) is 11.8 Å². The minimum atomic E-state index is -1.59. The fraction of sp³-hybridized carbons (Fsp3) is 0.400. The Hall–Kier alpha value is -3.80. The number of amides is 2. The van der Waals surface area contributed by atoms with E-state index in [0.29, 0.717) is 62.0 Å². The van der Waals surface area contributed by atoms with Crippen LogP contribution in [0.5, 0.6) is 5.88 Å². The summed E-state index contributed by atoms with van der Waals surface area (Å²) in [5.74, 6) is -0.451. The highest BCUT2D eigenvalue weighted by Gasteiger charge is 2.49. The molecule has 41 heavy (non-hydrogen) atoms. The Bertz CT molecular complexity index is 1600. The number of carbonyl (C=O) groups is 3. The number of likely N-dealkylation sites (tertiary alicyclic amines) is 1. The lowest BCUT2D eigenvalue weighted by Gasteiger charge is -2.37. The summed E-state index contributed by atoms with van der Waals surface area (Å²) < 4.78 is 6.61. The molecule has 6 rings (SSSR count). The van der Waals surface area contributed by atoms with E-state index in [2.05, 4.69) is 16.9 Å². The van der Waals surface area contributed by atoms with E-state index in [-0.39, 0.29) is 24.0 Å². The van der Waals surface area contributed by atoms with Crippen LogP contribution in [0.2, 0.25) is 0 Å². The predicted octanol–water partition coefficient (Wildman–Crippen LogP) is 2.81. The van der Waals surface area contributed by atoms with Crippen molar-refractivity contribution >= 4 is 44.7 Å². The predicted molar refractivity (Wildman–Crippen MR) is 158 cm³/mol. The monoisotopic (exact) mass is 574 g/mol. The smallest absolute Gasteiger partial charge is 0.262 e. The third-order valence-electron chi connectivity index (χ3n) is 8.59. The second-order valence-corrected chi connectivity index (χ2v) is 12.2. The minimum Gasteiger partial charge on any atom is -0.474 e. The molecule has 0 radical (unpaired) electrons. The lowest BCUT2D eigenvalue weighted by molar-refractivity contribution is -0.127. The molecule has 1 saturated carbocycles. The number of rotatable bonds is 6. The van der Waals surface area contributed by atoms with Crippen molar-refractivity contribution < 1.29 is 19.1 Å². The molecule has 3 aromatic rings. The maximum Gasteiger partial charge on any atom is 0.262 e. The quantitative estimate of drug-likeness (QED) is 0.258. The van der Waals surface area contributed by atoms with E-state index in [1.165, 1.54) is 17.4 Å². The van der Waals surface area contributed by atoms with Crippen molar-refractivity contribution in [3.8, 4) is 5.88 Å². The van der Waals surface area contributed by atoms with E-state index >= 15 is 0 Å². The highest BCUT2D eigenvalue weighted by molar-refractivity contribution is 7.21. The summed E-state index contributed by atoms with van der Waals surface area (Å²) in [5, 5.41) is 3.69. The number of carbonyl (C=O) groups excluding carboxylic acids is 3. The number of piperidine rings is 1. The number of thiophene rings is 1. The Morgan fingerprint density at radius 2 is 1.95 bits per heavy atom.